The Morgan fingerprint density at radius 2 is 2.32 bits per heavy atom. The molecule has 0 aromatic heterocycles. The summed E-state index contributed by atoms with van der Waals surface area (Å²) in [7, 11) is 2.22. The van der Waals surface area contributed by atoms with E-state index in [4.69, 9.17) is 11.6 Å². The highest BCUT2D eigenvalue weighted by molar-refractivity contribution is 6.30. The molecule has 1 fully saturated rings. The van der Waals surface area contributed by atoms with Crippen molar-refractivity contribution in [2.24, 2.45) is 5.92 Å². The van der Waals surface area contributed by atoms with Crippen LogP contribution in [0.15, 0.2) is 24.3 Å². The first kappa shape index (κ1) is 14.8. The summed E-state index contributed by atoms with van der Waals surface area (Å²) in [5, 5.41) is 4.50. The molecule has 3 heteroatoms. The molecule has 1 aliphatic rings. The second kappa shape index (κ2) is 7.28. The van der Waals surface area contributed by atoms with Crippen molar-refractivity contribution in [3.8, 4) is 0 Å². The van der Waals surface area contributed by atoms with Gasteiger partial charge in [-0.3, -0.25) is 0 Å². The van der Waals surface area contributed by atoms with Gasteiger partial charge in [-0.25, -0.2) is 0 Å². The molecular weight excluding hydrogens is 256 g/mol. The van der Waals surface area contributed by atoms with Crippen molar-refractivity contribution < 1.29 is 0 Å². The summed E-state index contributed by atoms with van der Waals surface area (Å²) in [6.45, 7) is 5.88. The third-order valence-electron chi connectivity index (χ3n) is 3.91. The van der Waals surface area contributed by atoms with E-state index in [1.807, 2.05) is 12.1 Å². The van der Waals surface area contributed by atoms with Gasteiger partial charge in [0.15, 0.2) is 0 Å². The molecule has 2 rings (SSSR count). The molecule has 1 N–H and O–H groups in total. The molecule has 0 aliphatic carbocycles. The molecule has 1 aromatic rings. The summed E-state index contributed by atoms with van der Waals surface area (Å²) >= 11 is 6.02. The molecule has 19 heavy (non-hydrogen) atoms. The Labute approximate surface area is 122 Å². The smallest absolute Gasteiger partial charge is 0.0408 e. The second-order valence-electron chi connectivity index (χ2n) is 5.91. The fourth-order valence-electron chi connectivity index (χ4n) is 2.90. The first-order chi connectivity index (χ1) is 9.13. The summed E-state index contributed by atoms with van der Waals surface area (Å²) < 4.78 is 0. The third-order valence-corrected chi connectivity index (χ3v) is 4.14. The van der Waals surface area contributed by atoms with E-state index in [-0.39, 0.29) is 0 Å². The predicted octanol–water partition coefficient (Wildman–Crippen LogP) is 3.20. The first-order valence-corrected chi connectivity index (χ1v) is 7.67. The Bertz CT molecular complexity index is 394. The molecule has 106 valence electrons. The molecule has 0 saturated carbocycles. The number of nitrogens with zero attached hydrogens (tertiary/aromatic N) is 1. The van der Waals surface area contributed by atoms with Gasteiger partial charge >= 0.3 is 0 Å². The molecule has 2 atom stereocenters. The maximum absolute atomic E-state index is 6.02. The van der Waals surface area contributed by atoms with Gasteiger partial charge in [0.2, 0.25) is 0 Å². The highest BCUT2D eigenvalue weighted by Gasteiger charge is 2.17. The Hall–Kier alpha value is -0.570. The van der Waals surface area contributed by atoms with Gasteiger partial charge in [-0.15, -0.1) is 0 Å². The van der Waals surface area contributed by atoms with Crippen LogP contribution in [0.25, 0.3) is 0 Å². The van der Waals surface area contributed by atoms with E-state index >= 15 is 0 Å². The number of likely N-dealkylation sites (tertiary alicyclic amines) is 1. The first-order valence-electron chi connectivity index (χ1n) is 7.30. The number of nitrogens with one attached hydrogen (secondary N) is 1. The Morgan fingerprint density at radius 1 is 1.47 bits per heavy atom. The SMILES string of the molecule is CC(Cc1cccc(Cl)c1)NCC1CCCN(C)C1. The minimum absolute atomic E-state index is 0.505. The zero-order chi connectivity index (χ0) is 13.7. The largest absolute Gasteiger partial charge is 0.314 e. The summed E-state index contributed by atoms with van der Waals surface area (Å²) in [4.78, 5) is 2.44. The number of rotatable bonds is 5. The van der Waals surface area contributed by atoms with Crippen LogP contribution in [0.3, 0.4) is 0 Å². The van der Waals surface area contributed by atoms with Crippen molar-refractivity contribution >= 4 is 11.6 Å². The van der Waals surface area contributed by atoms with Crippen molar-refractivity contribution in [3.05, 3.63) is 34.9 Å². The summed E-state index contributed by atoms with van der Waals surface area (Å²) in [5.74, 6) is 0.806. The normalized spacial score (nSPS) is 22.4. The van der Waals surface area contributed by atoms with Crippen LogP contribution in [-0.2, 0) is 6.42 Å². The quantitative estimate of drug-likeness (QED) is 0.891. The number of hydrogen-bond donors (Lipinski definition) is 1. The van der Waals surface area contributed by atoms with Crippen LogP contribution in [0.4, 0.5) is 0 Å². The van der Waals surface area contributed by atoms with Gasteiger partial charge < -0.3 is 10.2 Å². The highest BCUT2D eigenvalue weighted by atomic mass is 35.5. The van der Waals surface area contributed by atoms with E-state index in [9.17, 15) is 0 Å². The number of piperidine rings is 1. The molecule has 1 aromatic carbocycles. The van der Waals surface area contributed by atoms with E-state index < -0.39 is 0 Å². The molecule has 0 bridgehead atoms. The molecule has 1 saturated heterocycles. The summed E-state index contributed by atoms with van der Waals surface area (Å²) in [6.07, 6.45) is 3.75. The van der Waals surface area contributed by atoms with Gasteiger partial charge in [-0.1, -0.05) is 23.7 Å². The van der Waals surface area contributed by atoms with Gasteiger partial charge in [-0.2, -0.15) is 0 Å². The van der Waals surface area contributed by atoms with Crippen molar-refractivity contribution in [2.45, 2.75) is 32.2 Å². The molecule has 1 heterocycles. The minimum Gasteiger partial charge on any atom is -0.314 e. The van der Waals surface area contributed by atoms with Crippen molar-refractivity contribution in [1.29, 1.82) is 0 Å². The molecule has 0 amide bonds. The van der Waals surface area contributed by atoms with Crippen molar-refractivity contribution in [2.75, 3.05) is 26.7 Å². The summed E-state index contributed by atoms with van der Waals surface area (Å²) in [6, 6.07) is 8.68. The maximum atomic E-state index is 6.02. The predicted molar refractivity (Wildman–Crippen MR) is 82.8 cm³/mol. The fourth-order valence-corrected chi connectivity index (χ4v) is 3.11. The molecule has 0 spiro atoms. The van der Waals surface area contributed by atoms with Crippen LogP contribution in [-0.4, -0.2) is 37.6 Å². The Morgan fingerprint density at radius 3 is 3.05 bits per heavy atom. The topological polar surface area (TPSA) is 15.3 Å². The van der Waals surface area contributed by atoms with E-state index in [1.54, 1.807) is 0 Å². The maximum Gasteiger partial charge on any atom is 0.0408 e. The lowest BCUT2D eigenvalue weighted by atomic mass is 9.98. The molecule has 1 aliphatic heterocycles. The Kier molecular flexibility index (Phi) is 5.68. The van der Waals surface area contributed by atoms with Crippen LogP contribution in [0.2, 0.25) is 5.02 Å². The van der Waals surface area contributed by atoms with Gasteiger partial charge in [0.25, 0.3) is 0 Å². The summed E-state index contributed by atoms with van der Waals surface area (Å²) in [5.41, 5.74) is 1.31. The number of benzene rings is 1. The van der Waals surface area contributed by atoms with E-state index in [0.29, 0.717) is 6.04 Å². The number of halogens is 1. The van der Waals surface area contributed by atoms with Crippen LogP contribution >= 0.6 is 11.6 Å². The van der Waals surface area contributed by atoms with Crippen molar-refractivity contribution in [3.63, 3.8) is 0 Å². The lowest BCUT2D eigenvalue weighted by molar-refractivity contribution is 0.203. The van der Waals surface area contributed by atoms with Crippen LogP contribution in [0.1, 0.15) is 25.3 Å². The van der Waals surface area contributed by atoms with Gasteiger partial charge in [-0.05, 0) is 69.9 Å². The fraction of sp³-hybridized carbons (Fsp3) is 0.625. The standard InChI is InChI=1S/C16H25ClN2/c1-13(9-14-5-3-7-16(17)10-14)18-11-15-6-4-8-19(2)12-15/h3,5,7,10,13,15,18H,4,6,8-9,11-12H2,1-2H3. The van der Waals surface area contributed by atoms with E-state index in [0.717, 1.165) is 23.9 Å². The van der Waals surface area contributed by atoms with E-state index in [2.05, 4.69) is 36.3 Å². The lowest BCUT2D eigenvalue weighted by Crippen LogP contribution is -2.40. The molecule has 2 nitrogen and oxygen atoms in total. The molecule has 0 radical (unpaired) electrons. The van der Waals surface area contributed by atoms with Crippen molar-refractivity contribution in [1.82, 2.24) is 10.2 Å². The average molecular weight is 281 g/mol. The van der Waals surface area contributed by atoms with Gasteiger partial charge in [0, 0.05) is 17.6 Å². The highest BCUT2D eigenvalue weighted by Crippen LogP contribution is 2.15. The van der Waals surface area contributed by atoms with Crippen LogP contribution < -0.4 is 5.32 Å². The van der Waals surface area contributed by atoms with E-state index in [1.165, 1.54) is 31.5 Å². The molecular formula is C16H25ClN2. The van der Waals surface area contributed by atoms with Crippen LogP contribution in [0, 0.1) is 5.92 Å². The zero-order valence-electron chi connectivity index (χ0n) is 12.0. The Balaban J connectivity index is 1.73. The second-order valence-corrected chi connectivity index (χ2v) is 6.35. The molecule has 2 unspecified atom stereocenters. The third kappa shape index (κ3) is 5.13. The monoisotopic (exact) mass is 280 g/mol. The van der Waals surface area contributed by atoms with Gasteiger partial charge in [0.05, 0.1) is 0 Å². The van der Waals surface area contributed by atoms with Gasteiger partial charge in [0.1, 0.15) is 0 Å². The average Bonchev–Trinajstić information content (AvgIpc) is 2.36. The number of hydrogen-bond acceptors (Lipinski definition) is 2. The lowest BCUT2D eigenvalue weighted by Gasteiger charge is -2.30. The zero-order valence-corrected chi connectivity index (χ0v) is 12.8. The minimum atomic E-state index is 0.505. The van der Waals surface area contributed by atoms with Crippen LogP contribution in [0.5, 0.6) is 0 Å².